The number of hydrogen-bond acceptors (Lipinski definition) is 4. The number of amides is 2. The van der Waals surface area contributed by atoms with Crippen molar-refractivity contribution >= 4 is 17.7 Å². The molecule has 0 aromatic heterocycles. The van der Waals surface area contributed by atoms with Crippen LogP contribution < -0.4 is 10.1 Å². The number of rotatable bonds is 3. The standard InChI is InChI=1S/C17H21F3N2O4/c1-16(2,3)26-15(24)22-10-4-5-13(22)14(23)21-11-6-8-12(9-7-11)25-17(18,19)20/h6-9,13H,4-5,10H2,1-3H3,(H,21,23). The molecule has 1 heterocycles. The molecule has 0 bridgehead atoms. The van der Waals surface area contributed by atoms with Gasteiger partial charge in [0.15, 0.2) is 0 Å². The highest BCUT2D eigenvalue weighted by atomic mass is 19.4. The van der Waals surface area contributed by atoms with Crippen molar-refractivity contribution in [3.63, 3.8) is 0 Å². The van der Waals surface area contributed by atoms with Crippen LogP contribution in [-0.2, 0) is 9.53 Å². The highest BCUT2D eigenvalue weighted by molar-refractivity contribution is 5.96. The van der Waals surface area contributed by atoms with Gasteiger partial charge in [0.25, 0.3) is 0 Å². The van der Waals surface area contributed by atoms with E-state index in [4.69, 9.17) is 4.74 Å². The number of benzene rings is 1. The zero-order chi connectivity index (χ0) is 19.5. The Morgan fingerprint density at radius 3 is 2.31 bits per heavy atom. The molecule has 1 aliphatic heterocycles. The van der Waals surface area contributed by atoms with Gasteiger partial charge in [-0.3, -0.25) is 9.69 Å². The van der Waals surface area contributed by atoms with Gasteiger partial charge in [-0.2, -0.15) is 0 Å². The summed E-state index contributed by atoms with van der Waals surface area (Å²) >= 11 is 0. The second-order valence-corrected chi connectivity index (χ2v) is 6.89. The van der Waals surface area contributed by atoms with Gasteiger partial charge in [0, 0.05) is 12.2 Å². The van der Waals surface area contributed by atoms with Gasteiger partial charge >= 0.3 is 12.5 Å². The van der Waals surface area contributed by atoms with Gasteiger partial charge in [0.1, 0.15) is 17.4 Å². The van der Waals surface area contributed by atoms with Gasteiger partial charge < -0.3 is 14.8 Å². The summed E-state index contributed by atoms with van der Waals surface area (Å²) in [5.41, 5.74) is -0.366. The molecule has 144 valence electrons. The van der Waals surface area contributed by atoms with Gasteiger partial charge in [-0.1, -0.05) is 0 Å². The topological polar surface area (TPSA) is 67.9 Å². The van der Waals surface area contributed by atoms with E-state index in [9.17, 15) is 22.8 Å². The van der Waals surface area contributed by atoms with Crippen molar-refractivity contribution in [2.45, 2.75) is 51.6 Å². The number of hydrogen-bond donors (Lipinski definition) is 1. The summed E-state index contributed by atoms with van der Waals surface area (Å²) in [6.07, 6.45) is -4.19. The Morgan fingerprint density at radius 1 is 1.15 bits per heavy atom. The summed E-state index contributed by atoms with van der Waals surface area (Å²) in [6.45, 7) is 5.62. The molecule has 1 fully saturated rings. The number of carbonyl (C=O) groups is 2. The number of carbonyl (C=O) groups excluding carboxylic acids is 2. The average molecular weight is 374 g/mol. The van der Waals surface area contributed by atoms with Crippen molar-refractivity contribution in [2.75, 3.05) is 11.9 Å². The first-order chi connectivity index (χ1) is 11.9. The van der Waals surface area contributed by atoms with Gasteiger partial charge in [-0.15, -0.1) is 13.2 Å². The van der Waals surface area contributed by atoms with Crippen molar-refractivity contribution in [1.29, 1.82) is 0 Å². The van der Waals surface area contributed by atoms with E-state index in [1.54, 1.807) is 20.8 Å². The van der Waals surface area contributed by atoms with Crippen LogP contribution in [0.5, 0.6) is 5.75 Å². The van der Waals surface area contributed by atoms with E-state index in [0.717, 1.165) is 12.1 Å². The Balaban J connectivity index is 1.99. The molecule has 1 saturated heterocycles. The van der Waals surface area contributed by atoms with E-state index >= 15 is 0 Å². The third-order valence-corrected chi connectivity index (χ3v) is 3.54. The van der Waals surface area contributed by atoms with Gasteiger partial charge in [-0.25, -0.2) is 4.79 Å². The van der Waals surface area contributed by atoms with Crippen molar-refractivity contribution in [3.8, 4) is 5.75 Å². The molecule has 9 heteroatoms. The van der Waals surface area contributed by atoms with Crippen LogP contribution in [0.25, 0.3) is 0 Å². The lowest BCUT2D eigenvalue weighted by molar-refractivity contribution is -0.274. The molecule has 2 rings (SSSR count). The first-order valence-corrected chi connectivity index (χ1v) is 8.11. The smallest absolute Gasteiger partial charge is 0.444 e. The lowest BCUT2D eigenvalue weighted by atomic mass is 10.2. The molecule has 0 spiro atoms. The second kappa shape index (κ2) is 7.43. The highest BCUT2D eigenvalue weighted by Crippen LogP contribution is 2.25. The van der Waals surface area contributed by atoms with E-state index < -0.39 is 30.0 Å². The Hall–Kier alpha value is -2.45. The van der Waals surface area contributed by atoms with Gasteiger partial charge in [0.2, 0.25) is 5.91 Å². The lowest BCUT2D eigenvalue weighted by Gasteiger charge is -2.28. The Labute approximate surface area is 149 Å². The molecule has 2 amide bonds. The van der Waals surface area contributed by atoms with Crippen LogP contribution in [-0.4, -0.2) is 41.5 Å². The maximum absolute atomic E-state index is 12.4. The van der Waals surface area contributed by atoms with Crippen LogP contribution in [0.2, 0.25) is 0 Å². The third-order valence-electron chi connectivity index (χ3n) is 3.54. The molecule has 1 aromatic carbocycles. The molecular formula is C17H21F3N2O4. The maximum Gasteiger partial charge on any atom is 0.573 e. The Bertz CT molecular complexity index is 653. The van der Waals surface area contributed by atoms with Gasteiger partial charge in [0.05, 0.1) is 0 Å². The minimum atomic E-state index is -4.78. The largest absolute Gasteiger partial charge is 0.573 e. The van der Waals surface area contributed by atoms with Crippen LogP contribution in [0, 0.1) is 0 Å². The SMILES string of the molecule is CC(C)(C)OC(=O)N1CCCC1C(=O)Nc1ccc(OC(F)(F)F)cc1. The monoisotopic (exact) mass is 374 g/mol. The molecule has 26 heavy (non-hydrogen) atoms. The summed E-state index contributed by atoms with van der Waals surface area (Å²) in [5, 5.41) is 2.60. The van der Waals surface area contributed by atoms with E-state index in [1.807, 2.05) is 0 Å². The molecule has 1 unspecified atom stereocenters. The maximum atomic E-state index is 12.4. The van der Waals surface area contributed by atoms with Crippen molar-refractivity contribution < 1.29 is 32.2 Å². The number of halogens is 3. The van der Waals surface area contributed by atoms with E-state index in [0.29, 0.717) is 25.1 Å². The number of anilines is 1. The van der Waals surface area contributed by atoms with Crippen LogP contribution in [0.15, 0.2) is 24.3 Å². The molecule has 6 nitrogen and oxygen atoms in total. The van der Waals surface area contributed by atoms with Crippen molar-refractivity contribution in [3.05, 3.63) is 24.3 Å². The summed E-state index contributed by atoms with van der Waals surface area (Å²) in [4.78, 5) is 26.0. The van der Waals surface area contributed by atoms with Crippen molar-refractivity contribution in [2.24, 2.45) is 0 Å². The quantitative estimate of drug-likeness (QED) is 0.871. The fourth-order valence-corrected chi connectivity index (χ4v) is 2.54. The zero-order valence-corrected chi connectivity index (χ0v) is 14.7. The summed E-state index contributed by atoms with van der Waals surface area (Å²) in [6, 6.07) is 4.11. The summed E-state index contributed by atoms with van der Waals surface area (Å²) in [5.74, 6) is -0.801. The van der Waals surface area contributed by atoms with Crippen LogP contribution in [0.1, 0.15) is 33.6 Å². The predicted octanol–water partition coefficient (Wildman–Crippen LogP) is 3.92. The van der Waals surface area contributed by atoms with E-state index in [1.165, 1.54) is 17.0 Å². The average Bonchev–Trinajstić information content (AvgIpc) is 2.95. The van der Waals surface area contributed by atoms with Crippen LogP contribution in [0.4, 0.5) is 23.7 Å². The fourth-order valence-electron chi connectivity index (χ4n) is 2.54. The van der Waals surface area contributed by atoms with E-state index in [2.05, 4.69) is 10.1 Å². The number of likely N-dealkylation sites (tertiary alicyclic amines) is 1. The molecular weight excluding hydrogens is 353 g/mol. The minimum absolute atomic E-state index is 0.306. The van der Waals surface area contributed by atoms with Crippen molar-refractivity contribution in [1.82, 2.24) is 4.90 Å². The number of nitrogens with zero attached hydrogens (tertiary/aromatic N) is 1. The first kappa shape index (κ1) is 19.9. The third kappa shape index (κ3) is 5.82. The summed E-state index contributed by atoms with van der Waals surface area (Å²) in [7, 11) is 0. The molecule has 0 radical (unpaired) electrons. The molecule has 1 atom stereocenters. The van der Waals surface area contributed by atoms with E-state index in [-0.39, 0.29) is 5.75 Å². The molecule has 1 aromatic rings. The van der Waals surface area contributed by atoms with Crippen LogP contribution >= 0.6 is 0 Å². The fraction of sp³-hybridized carbons (Fsp3) is 0.529. The minimum Gasteiger partial charge on any atom is -0.444 e. The Morgan fingerprint density at radius 2 is 1.77 bits per heavy atom. The molecule has 1 N–H and O–H groups in total. The predicted molar refractivity (Wildman–Crippen MR) is 87.7 cm³/mol. The second-order valence-electron chi connectivity index (χ2n) is 6.89. The zero-order valence-electron chi connectivity index (χ0n) is 14.7. The number of ether oxygens (including phenoxy) is 2. The number of alkyl halides is 3. The molecule has 0 saturated carbocycles. The first-order valence-electron chi connectivity index (χ1n) is 8.11. The van der Waals surface area contributed by atoms with Crippen LogP contribution in [0.3, 0.4) is 0 Å². The molecule has 1 aliphatic rings. The molecule has 0 aliphatic carbocycles. The Kier molecular flexibility index (Phi) is 5.68. The summed E-state index contributed by atoms with van der Waals surface area (Å²) < 4.78 is 45.5. The normalized spacial score (nSPS) is 17.8. The highest BCUT2D eigenvalue weighted by Gasteiger charge is 2.36. The van der Waals surface area contributed by atoms with Gasteiger partial charge in [-0.05, 0) is 57.9 Å². The number of nitrogens with one attached hydrogen (secondary N) is 1. The lowest BCUT2D eigenvalue weighted by Crippen LogP contribution is -2.45.